The minimum absolute atomic E-state index is 0.179. The van der Waals surface area contributed by atoms with Gasteiger partial charge in [-0.2, -0.15) is 0 Å². The molecule has 0 aromatic heterocycles. The molecular formula is C14H30N2O2S. The average molecular weight is 290 g/mol. The fourth-order valence-corrected chi connectivity index (χ4v) is 4.61. The first-order chi connectivity index (χ1) is 8.60. The molecule has 0 bridgehead atoms. The first-order valence-corrected chi connectivity index (χ1v) is 8.92. The zero-order valence-corrected chi connectivity index (χ0v) is 13.9. The molecule has 1 rings (SSSR count). The van der Waals surface area contributed by atoms with Gasteiger partial charge in [0.2, 0.25) is 10.0 Å². The molecule has 0 aromatic carbocycles. The summed E-state index contributed by atoms with van der Waals surface area (Å²) in [4.78, 5) is 0. The summed E-state index contributed by atoms with van der Waals surface area (Å²) in [6.45, 7) is 12.5. The summed E-state index contributed by atoms with van der Waals surface area (Å²) >= 11 is 0. The lowest BCUT2D eigenvalue weighted by atomic mass is 9.99. The van der Waals surface area contributed by atoms with Crippen LogP contribution in [0.15, 0.2) is 0 Å². The van der Waals surface area contributed by atoms with Crippen LogP contribution in [0.3, 0.4) is 0 Å². The van der Waals surface area contributed by atoms with Gasteiger partial charge in [-0.25, -0.2) is 12.7 Å². The summed E-state index contributed by atoms with van der Waals surface area (Å²) in [5.74, 6) is 0.690. The Hall–Kier alpha value is -0.130. The fourth-order valence-electron chi connectivity index (χ4n) is 2.49. The highest BCUT2D eigenvalue weighted by atomic mass is 32.2. The molecule has 4 nitrogen and oxygen atoms in total. The maximum Gasteiger partial charge on any atom is 0.214 e. The van der Waals surface area contributed by atoms with Crippen molar-refractivity contribution in [2.75, 3.05) is 25.4 Å². The summed E-state index contributed by atoms with van der Waals surface area (Å²) < 4.78 is 26.5. The van der Waals surface area contributed by atoms with Gasteiger partial charge in [0, 0.05) is 19.1 Å². The Bertz CT molecular complexity index is 371. The maximum absolute atomic E-state index is 12.4. The predicted octanol–water partition coefficient (Wildman–Crippen LogP) is 2.07. The molecule has 1 heterocycles. The highest BCUT2D eigenvalue weighted by Gasteiger charge is 2.31. The number of hydrogen-bond acceptors (Lipinski definition) is 3. The molecule has 0 saturated carbocycles. The van der Waals surface area contributed by atoms with Crippen LogP contribution in [-0.2, 0) is 10.0 Å². The van der Waals surface area contributed by atoms with Crippen LogP contribution in [-0.4, -0.2) is 44.2 Å². The first-order valence-electron chi connectivity index (χ1n) is 7.31. The molecule has 1 atom stereocenters. The van der Waals surface area contributed by atoms with Gasteiger partial charge in [-0.1, -0.05) is 34.6 Å². The van der Waals surface area contributed by atoms with Gasteiger partial charge in [0.05, 0.1) is 5.75 Å². The highest BCUT2D eigenvalue weighted by molar-refractivity contribution is 7.89. The van der Waals surface area contributed by atoms with Crippen molar-refractivity contribution in [3.8, 4) is 0 Å². The summed E-state index contributed by atoms with van der Waals surface area (Å²) in [6.07, 6.45) is 2.11. The molecule has 0 aliphatic carbocycles. The van der Waals surface area contributed by atoms with Gasteiger partial charge in [-0.05, 0) is 30.7 Å². The predicted molar refractivity (Wildman–Crippen MR) is 80.7 cm³/mol. The van der Waals surface area contributed by atoms with E-state index in [0.29, 0.717) is 25.0 Å². The van der Waals surface area contributed by atoms with E-state index in [1.54, 1.807) is 4.31 Å². The molecular weight excluding hydrogens is 260 g/mol. The van der Waals surface area contributed by atoms with Gasteiger partial charge < -0.3 is 5.32 Å². The molecule has 1 saturated heterocycles. The number of nitrogens with zero attached hydrogens (tertiary/aromatic N) is 1. The minimum atomic E-state index is -3.11. The van der Waals surface area contributed by atoms with Crippen LogP contribution in [0.5, 0.6) is 0 Å². The van der Waals surface area contributed by atoms with Crippen molar-refractivity contribution < 1.29 is 8.42 Å². The van der Waals surface area contributed by atoms with Crippen LogP contribution < -0.4 is 5.32 Å². The summed E-state index contributed by atoms with van der Waals surface area (Å²) in [5.41, 5.74) is -0.179. The third kappa shape index (κ3) is 6.23. The SMILES string of the molecule is CC(C)NCC1CCCN(S(=O)(=O)CC(C)(C)C)C1. The Morgan fingerprint density at radius 1 is 1.32 bits per heavy atom. The Kier molecular flexibility index (Phi) is 5.83. The molecule has 0 radical (unpaired) electrons. The molecule has 0 amide bonds. The van der Waals surface area contributed by atoms with Gasteiger partial charge in [-0.15, -0.1) is 0 Å². The number of sulfonamides is 1. The lowest BCUT2D eigenvalue weighted by Gasteiger charge is -2.34. The summed E-state index contributed by atoms with van der Waals surface area (Å²) in [7, 11) is -3.11. The van der Waals surface area contributed by atoms with Gasteiger partial charge in [-0.3, -0.25) is 0 Å². The van der Waals surface area contributed by atoms with Crippen molar-refractivity contribution in [3.05, 3.63) is 0 Å². The zero-order chi connectivity index (χ0) is 14.7. The van der Waals surface area contributed by atoms with Crippen molar-refractivity contribution in [2.24, 2.45) is 11.3 Å². The lowest BCUT2D eigenvalue weighted by Crippen LogP contribution is -2.45. The summed E-state index contributed by atoms with van der Waals surface area (Å²) in [6, 6.07) is 0.460. The number of rotatable bonds is 5. The Balaban J connectivity index is 2.59. The second kappa shape index (κ2) is 6.55. The lowest BCUT2D eigenvalue weighted by molar-refractivity contribution is 0.254. The van der Waals surface area contributed by atoms with Gasteiger partial charge in [0.15, 0.2) is 0 Å². The van der Waals surface area contributed by atoms with Crippen molar-refractivity contribution in [1.29, 1.82) is 0 Å². The van der Waals surface area contributed by atoms with E-state index in [1.165, 1.54) is 0 Å². The summed E-state index contributed by atoms with van der Waals surface area (Å²) in [5, 5.41) is 3.41. The average Bonchev–Trinajstić information content (AvgIpc) is 2.23. The zero-order valence-electron chi connectivity index (χ0n) is 13.1. The van der Waals surface area contributed by atoms with Crippen LogP contribution in [0.4, 0.5) is 0 Å². The third-order valence-corrected chi connectivity index (χ3v) is 5.65. The molecule has 19 heavy (non-hydrogen) atoms. The fraction of sp³-hybridized carbons (Fsp3) is 1.00. The largest absolute Gasteiger partial charge is 0.314 e. The number of piperidine rings is 1. The molecule has 1 aliphatic heterocycles. The van der Waals surface area contributed by atoms with E-state index < -0.39 is 10.0 Å². The highest BCUT2D eigenvalue weighted by Crippen LogP contribution is 2.23. The van der Waals surface area contributed by atoms with E-state index in [4.69, 9.17) is 0 Å². The molecule has 1 fully saturated rings. The van der Waals surface area contributed by atoms with Gasteiger partial charge >= 0.3 is 0 Å². The molecule has 1 aliphatic rings. The van der Waals surface area contributed by atoms with Gasteiger partial charge in [0.25, 0.3) is 0 Å². The maximum atomic E-state index is 12.4. The first kappa shape index (κ1) is 16.9. The van der Waals surface area contributed by atoms with E-state index in [1.807, 2.05) is 20.8 Å². The van der Waals surface area contributed by atoms with Crippen LogP contribution in [0, 0.1) is 11.3 Å². The van der Waals surface area contributed by atoms with Crippen LogP contribution in [0.1, 0.15) is 47.5 Å². The standard InChI is InChI=1S/C14H30N2O2S/c1-12(2)15-9-13-7-6-8-16(10-13)19(17,18)11-14(3,4)5/h12-13,15H,6-11H2,1-5H3. The third-order valence-electron chi connectivity index (χ3n) is 3.31. The van der Waals surface area contributed by atoms with Crippen molar-refractivity contribution in [2.45, 2.75) is 53.5 Å². The van der Waals surface area contributed by atoms with E-state index in [-0.39, 0.29) is 11.2 Å². The monoisotopic (exact) mass is 290 g/mol. The minimum Gasteiger partial charge on any atom is -0.314 e. The van der Waals surface area contributed by atoms with Crippen molar-refractivity contribution in [1.82, 2.24) is 9.62 Å². The molecule has 0 aromatic rings. The molecule has 114 valence electrons. The molecule has 5 heteroatoms. The van der Waals surface area contributed by atoms with Crippen molar-refractivity contribution in [3.63, 3.8) is 0 Å². The van der Waals surface area contributed by atoms with Gasteiger partial charge in [0.1, 0.15) is 0 Å². The molecule has 1 unspecified atom stereocenters. The smallest absolute Gasteiger partial charge is 0.214 e. The van der Waals surface area contributed by atoms with Crippen LogP contribution in [0.2, 0.25) is 0 Å². The van der Waals surface area contributed by atoms with E-state index >= 15 is 0 Å². The number of hydrogen-bond donors (Lipinski definition) is 1. The Morgan fingerprint density at radius 3 is 2.47 bits per heavy atom. The van der Waals surface area contributed by atoms with E-state index in [2.05, 4.69) is 19.2 Å². The topological polar surface area (TPSA) is 49.4 Å². The Morgan fingerprint density at radius 2 is 1.95 bits per heavy atom. The normalized spacial score (nSPS) is 22.9. The number of nitrogens with one attached hydrogen (secondary N) is 1. The van der Waals surface area contributed by atoms with Crippen LogP contribution >= 0.6 is 0 Å². The second-order valence-electron chi connectivity index (χ2n) is 7.25. The quantitative estimate of drug-likeness (QED) is 0.843. The Labute approximate surface area is 119 Å². The molecule has 0 spiro atoms. The van der Waals surface area contributed by atoms with E-state index in [9.17, 15) is 8.42 Å². The van der Waals surface area contributed by atoms with Crippen LogP contribution in [0.25, 0.3) is 0 Å². The second-order valence-corrected chi connectivity index (χ2v) is 9.22. The van der Waals surface area contributed by atoms with Crippen molar-refractivity contribution >= 4 is 10.0 Å². The molecule has 1 N–H and O–H groups in total. The van der Waals surface area contributed by atoms with E-state index in [0.717, 1.165) is 19.4 Å².